The summed E-state index contributed by atoms with van der Waals surface area (Å²) in [4.78, 5) is 12.2. The molecule has 0 aliphatic rings. The maximum absolute atomic E-state index is 13.2. The molecular weight excluding hydrogens is 388 g/mol. The smallest absolute Gasteiger partial charge is 0.257 e. The lowest BCUT2D eigenvalue weighted by Gasteiger charge is -2.04. The molecule has 3 aromatic rings. The second-order valence-corrected chi connectivity index (χ2v) is 6.46. The van der Waals surface area contributed by atoms with Gasteiger partial charge in [0, 0.05) is 11.8 Å². The summed E-state index contributed by atoms with van der Waals surface area (Å²) in [6.07, 6.45) is 1.57. The quantitative estimate of drug-likeness (QED) is 0.649. The zero-order valence-corrected chi connectivity index (χ0v) is 14.9. The van der Waals surface area contributed by atoms with E-state index in [9.17, 15) is 9.18 Å². The summed E-state index contributed by atoms with van der Waals surface area (Å²) < 4.78 is 14.8. The van der Waals surface area contributed by atoms with Gasteiger partial charge in [0.15, 0.2) is 5.82 Å². The Kier molecular flexibility index (Phi) is 5.27. The highest BCUT2D eigenvalue weighted by molar-refractivity contribution is 6.42. The minimum atomic E-state index is -0.499. The van der Waals surface area contributed by atoms with Gasteiger partial charge < -0.3 is 5.32 Å². The highest BCUT2D eigenvalue weighted by Crippen LogP contribution is 2.24. The first-order chi connectivity index (χ1) is 11.9. The van der Waals surface area contributed by atoms with E-state index in [0.29, 0.717) is 16.6 Å². The van der Waals surface area contributed by atoms with Crippen molar-refractivity contribution in [1.82, 2.24) is 9.78 Å². The zero-order chi connectivity index (χ0) is 18.0. The molecule has 0 saturated heterocycles. The number of halogens is 4. The number of nitrogens with one attached hydrogen (secondary N) is 1. The summed E-state index contributed by atoms with van der Waals surface area (Å²) in [5.41, 5.74) is 1.05. The number of hydrogen-bond donors (Lipinski definition) is 1. The van der Waals surface area contributed by atoms with Crippen LogP contribution in [0.1, 0.15) is 15.9 Å². The van der Waals surface area contributed by atoms with Gasteiger partial charge in [-0.05, 0) is 35.9 Å². The van der Waals surface area contributed by atoms with Gasteiger partial charge in [-0.2, -0.15) is 5.10 Å². The Morgan fingerprint density at radius 1 is 1.08 bits per heavy atom. The zero-order valence-electron chi connectivity index (χ0n) is 12.6. The van der Waals surface area contributed by atoms with Crippen LogP contribution in [0.3, 0.4) is 0 Å². The lowest BCUT2D eigenvalue weighted by molar-refractivity contribution is 0.102. The maximum Gasteiger partial charge on any atom is 0.257 e. The van der Waals surface area contributed by atoms with E-state index in [-0.39, 0.29) is 16.4 Å². The average Bonchev–Trinajstić information content (AvgIpc) is 2.90. The molecule has 0 radical (unpaired) electrons. The van der Waals surface area contributed by atoms with Crippen molar-refractivity contribution in [2.75, 3.05) is 5.32 Å². The molecule has 1 heterocycles. The number of carbonyl (C=O) groups is 1. The summed E-state index contributed by atoms with van der Waals surface area (Å²) in [5.74, 6) is -0.805. The van der Waals surface area contributed by atoms with Crippen molar-refractivity contribution in [2.24, 2.45) is 0 Å². The number of nitrogens with zero attached hydrogens (tertiary/aromatic N) is 2. The van der Waals surface area contributed by atoms with E-state index in [2.05, 4.69) is 10.4 Å². The molecule has 25 heavy (non-hydrogen) atoms. The van der Waals surface area contributed by atoms with Gasteiger partial charge in [0.1, 0.15) is 10.8 Å². The van der Waals surface area contributed by atoms with Gasteiger partial charge in [-0.25, -0.2) is 4.39 Å². The first kappa shape index (κ1) is 17.7. The third kappa shape index (κ3) is 4.31. The SMILES string of the molecule is O=C(Nc1nn(Cc2ccc(Cl)c(Cl)c2)cc1Cl)c1cccc(F)c1. The first-order valence-electron chi connectivity index (χ1n) is 7.16. The lowest BCUT2D eigenvalue weighted by atomic mass is 10.2. The van der Waals surface area contributed by atoms with Gasteiger partial charge in [-0.1, -0.05) is 46.9 Å². The van der Waals surface area contributed by atoms with Crippen LogP contribution in [0.4, 0.5) is 10.2 Å². The number of benzene rings is 2. The van der Waals surface area contributed by atoms with Crippen LogP contribution >= 0.6 is 34.8 Å². The molecule has 128 valence electrons. The summed E-state index contributed by atoms with van der Waals surface area (Å²) >= 11 is 18.0. The molecule has 4 nitrogen and oxygen atoms in total. The summed E-state index contributed by atoms with van der Waals surface area (Å²) in [6, 6.07) is 10.6. The van der Waals surface area contributed by atoms with Crippen molar-refractivity contribution < 1.29 is 9.18 Å². The van der Waals surface area contributed by atoms with Crippen molar-refractivity contribution in [3.63, 3.8) is 0 Å². The van der Waals surface area contributed by atoms with Crippen LogP contribution in [0.15, 0.2) is 48.7 Å². The molecule has 1 aromatic heterocycles. The van der Waals surface area contributed by atoms with E-state index in [1.807, 2.05) is 6.07 Å². The van der Waals surface area contributed by atoms with Gasteiger partial charge in [0.25, 0.3) is 5.91 Å². The van der Waals surface area contributed by atoms with Crippen molar-refractivity contribution in [2.45, 2.75) is 6.54 Å². The van der Waals surface area contributed by atoms with E-state index in [1.54, 1.807) is 23.0 Å². The summed E-state index contributed by atoms with van der Waals surface area (Å²) in [5, 5.41) is 7.97. The van der Waals surface area contributed by atoms with E-state index in [4.69, 9.17) is 34.8 Å². The van der Waals surface area contributed by atoms with Crippen molar-refractivity contribution in [3.8, 4) is 0 Å². The number of carbonyl (C=O) groups excluding carboxylic acids is 1. The molecule has 0 fully saturated rings. The van der Waals surface area contributed by atoms with E-state index < -0.39 is 11.7 Å². The van der Waals surface area contributed by atoms with Gasteiger partial charge in [0.2, 0.25) is 0 Å². The molecule has 0 spiro atoms. The van der Waals surface area contributed by atoms with Crippen molar-refractivity contribution in [3.05, 3.63) is 80.7 Å². The Labute approximate surface area is 158 Å². The number of aromatic nitrogens is 2. The largest absolute Gasteiger partial charge is 0.304 e. The molecule has 0 aliphatic heterocycles. The number of hydrogen-bond acceptors (Lipinski definition) is 2. The van der Waals surface area contributed by atoms with Gasteiger partial charge in [0.05, 0.1) is 16.6 Å². The lowest BCUT2D eigenvalue weighted by Crippen LogP contribution is -2.13. The first-order valence-corrected chi connectivity index (χ1v) is 8.29. The fourth-order valence-corrected chi connectivity index (χ4v) is 2.72. The van der Waals surface area contributed by atoms with E-state index >= 15 is 0 Å². The van der Waals surface area contributed by atoms with Crippen LogP contribution in [-0.2, 0) is 6.54 Å². The molecule has 2 aromatic carbocycles. The molecular formula is C17H11Cl3FN3O. The summed E-state index contributed by atoms with van der Waals surface area (Å²) in [7, 11) is 0. The molecule has 8 heteroatoms. The standard InChI is InChI=1S/C17H11Cl3FN3O/c18-13-5-4-10(6-14(13)19)8-24-9-15(20)16(23-24)22-17(25)11-2-1-3-12(21)7-11/h1-7,9H,8H2,(H,22,23,25). The Morgan fingerprint density at radius 2 is 1.88 bits per heavy atom. The molecule has 3 rings (SSSR count). The third-order valence-corrected chi connectivity index (χ3v) is 4.38. The molecule has 0 unspecified atom stereocenters. The van der Waals surface area contributed by atoms with Crippen molar-refractivity contribution in [1.29, 1.82) is 0 Å². The fourth-order valence-electron chi connectivity index (χ4n) is 2.20. The third-order valence-electron chi connectivity index (χ3n) is 3.36. The van der Waals surface area contributed by atoms with E-state index in [1.165, 1.54) is 18.2 Å². The molecule has 0 saturated carbocycles. The highest BCUT2D eigenvalue weighted by Gasteiger charge is 2.13. The Morgan fingerprint density at radius 3 is 2.60 bits per heavy atom. The van der Waals surface area contributed by atoms with Crippen LogP contribution in [0, 0.1) is 5.82 Å². The second kappa shape index (κ2) is 7.44. The Bertz CT molecular complexity index is 943. The van der Waals surface area contributed by atoms with Crippen LogP contribution in [-0.4, -0.2) is 15.7 Å². The minimum absolute atomic E-state index is 0.176. The normalized spacial score (nSPS) is 10.7. The maximum atomic E-state index is 13.2. The van der Waals surface area contributed by atoms with Crippen molar-refractivity contribution >= 4 is 46.5 Å². The predicted octanol–water partition coefficient (Wildman–Crippen LogP) is 5.28. The average molecular weight is 399 g/mol. The van der Waals surface area contributed by atoms with Gasteiger partial charge >= 0.3 is 0 Å². The highest BCUT2D eigenvalue weighted by atomic mass is 35.5. The Balaban J connectivity index is 1.76. The van der Waals surface area contributed by atoms with Crippen LogP contribution < -0.4 is 5.32 Å². The monoisotopic (exact) mass is 397 g/mol. The molecule has 1 N–H and O–H groups in total. The van der Waals surface area contributed by atoms with E-state index in [0.717, 1.165) is 11.6 Å². The molecule has 1 amide bonds. The molecule has 0 bridgehead atoms. The Hall–Kier alpha value is -2.08. The number of anilines is 1. The fraction of sp³-hybridized carbons (Fsp3) is 0.0588. The van der Waals surface area contributed by atoms with Crippen LogP contribution in [0.25, 0.3) is 0 Å². The topological polar surface area (TPSA) is 46.9 Å². The number of rotatable bonds is 4. The molecule has 0 aliphatic carbocycles. The minimum Gasteiger partial charge on any atom is -0.304 e. The predicted molar refractivity (Wildman–Crippen MR) is 97.2 cm³/mol. The van der Waals surface area contributed by atoms with Gasteiger partial charge in [-0.15, -0.1) is 0 Å². The van der Waals surface area contributed by atoms with Gasteiger partial charge in [-0.3, -0.25) is 9.48 Å². The second-order valence-electron chi connectivity index (χ2n) is 5.24. The molecule has 0 atom stereocenters. The van der Waals surface area contributed by atoms with Crippen LogP contribution in [0.5, 0.6) is 0 Å². The van der Waals surface area contributed by atoms with Crippen LogP contribution in [0.2, 0.25) is 15.1 Å². The summed E-state index contributed by atoms with van der Waals surface area (Å²) in [6.45, 7) is 0.395. The number of amides is 1.